The van der Waals surface area contributed by atoms with E-state index in [0.717, 1.165) is 69.6 Å². The quantitative estimate of drug-likeness (QED) is 0.294. The van der Waals surface area contributed by atoms with Crippen LogP contribution in [0.25, 0.3) is 0 Å². The lowest BCUT2D eigenvalue weighted by Crippen LogP contribution is -2.41. The molecule has 0 amide bonds. The fourth-order valence-corrected chi connectivity index (χ4v) is 3.87. The highest BCUT2D eigenvalue weighted by atomic mass is 127. The van der Waals surface area contributed by atoms with Crippen LogP contribution in [0.3, 0.4) is 0 Å². The van der Waals surface area contributed by atoms with Crippen LogP contribution in [0.4, 0.5) is 0 Å². The molecule has 2 rings (SSSR count). The molecule has 8 heteroatoms. The fourth-order valence-electron chi connectivity index (χ4n) is 3.10. The van der Waals surface area contributed by atoms with Crippen molar-refractivity contribution in [2.75, 3.05) is 53.3 Å². The molecule has 0 bridgehead atoms. The molecule has 0 aliphatic carbocycles. The maximum Gasteiger partial charge on any atom is 0.191 e. The third kappa shape index (κ3) is 7.51. The molecule has 1 aliphatic rings. The van der Waals surface area contributed by atoms with Crippen molar-refractivity contribution in [3.8, 4) is 11.5 Å². The van der Waals surface area contributed by atoms with Crippen molar-refractivity contribution in [1.29, 1.82) is 0 Å². The van der Waals surface area contributed by atoms with Gasteiger partial charge in [-0.05, 0) is 50.1 Å². The van der Waals surface area contributed by atoms with Crippen LogP contribution in [0.1, 0.15) is 25.3 Å². The summed E-state index contributed by atoms with van der Waals surface area (Å²) in [6.07, 6.45) is 5.18. The number of thioether (sulfide) groups is 1. The number of ether oxygens (including phenoxy) is 3. The number of rotatable bonds is 9. The molecule has 1 aromatic rings. The standard InChI is InChI=1S/C20H33N3O3S.HI/c1-5-21-19(23-15-20(27-4)9-12-26-13-10-20)22-11-8-16-6-7-17(24-2)18(14-16)25-3;/h6-7,14H,5,8-13,15H2,1-4H3,(H2,21,22,23);1H. The Bertz CT molecular complexity index is 610. The molecular formula is C20H34IN3O3S. The molecular weight excluding hydrogens is 489 g/mol. The lowest BCUT2D eigenvalue weighted by Gasteiger charge is -2.34. The van der Waals surface area contributed by atoms with Gasteiger partial charge in [0.1, 0.15) is 0 Å². The Hall–Kier alpha value is -0.870. The predicted molar refractivity (Wildman–Crippen MR) is 129 cm³/mol. The summed E-state index contributed by atoms with van der Waals surface area (Å²) in [6.45, 7) is 6.21. The molecule has 1 saturated heterocycles. The number of nitrogens with zero attached hydrogens (tertiary/aromatic N) is 1. The number of hydrogen-bond donors (Lipinski definition) is 2. The zero-order valence-corrected chi connectivity index (χ0v) is 20.5. The largest absolute Gasteiger partial charge is 0.493 e. The van der Waals surface area contributed by atoms with Crippen LogP contribution in [0.15, 0.2) is 23.2 Å². The average Bonchev–Trinajstić information content (AvgIpc) is 2.72. The number of aliphatic imine (C=N–C) groups is 1. The van der Waals surface area contributed by atoms with Crippen LogP contribution < -0.4 is 20.1 Å². The van der Waals surface area contributed by atoms with Gasteiger partial charge in [0.25, 0.3) is 0 Å². The fraction of sp³-hybridized carbons (Fsp3) is 0.650. The molecule has 1 heterocycles. The molecule has 1 aromatic carbocycles. The molecule has 160 valence electrons. The average molecular weight is 523 g/mol. The summed E-state index contributed by atoms with van der Waals surface area (Å²) < 4.78 is 16.4. The number of benzene rings is 1. The van der Waals surface area contributed by atoms with Crippen molar-refractivity contribution < 1.29 is 14.2 Å². The van der Waals surface area contributed by atoms with Crippen molar-refractivity contribution >= 4 is 41.7 Å². The van der Waals surface area contributed by atoms with E-state index in [1.54, 1.807) is 14.2 Å². The molecule has 1 aliphatic heterocycles. The molecule has 0 atom stereocenters. The third-order valence-electron chi connectivity index (χ3n) is 4.86. The topological polar surface area (TPSA) is 64.1 Å². The first-order valence-electron chi connectivity index (χ1n) is 9.52. The lowest BCUT2D eigenvalue weighted by atomic mass is 9.99. The van der Waals surface area contributed by atoms with E-state index in [1.165, 1.54) is 5.56 Å². The second-order valence-corrected chi connectivity index (χ2v) is 7.84. The van der Waals surface area contributed by atoms with Crippen LogP contribution in [-0.4, -0.2) is 64.0 Å². The Balaban J connectivity index is 0.00000392. The summed E-state index contributed by atoms with van der Waals surface area (Å²) in [6, 6.07) is 6.04. The van der Waals surface area contributed by atoms with E-state index in [4.69, 9.17) is 19.2 Å². The Morgan fingerprint density at radius 2 is 1.89 bits per heavy atom. The van der Waals surface area contributed by atoms with Gasteiger partial charge in [0.2, 0.25) is 0 Å². The Morgan fingerprint density at radius 1 is 1.18 bits per heavy atom. The first-order valence-corrected chi connectivity index (χ1v) is 10.7. The minimum absolute atomic E-state index is 0. The Labute approximate surface area is 190 Å². The van der Waals surface area contributed by atoms with Crippen molar-refractivity contribution in [2.45, 2.75) is 30.9 Å². The zero-order valence-electron chi connectivity index (χ0n) is 17.4. The normalized spacial score (nSPS) is 16.1. The highest BCUT2D eigenvalue weighted by molar-refractivity contribution is 14.0. The van der Waals surface area contributed by atoms with Crippen molar-refractivity contribution in [3.05, 3.63) is 23.8 Å². The summed E-state index contributed by atoms with van der Waals surface area (Å²) in [4.78, 5) is 4.85. The van der Waals surface area contributed by atoms with Gasteiger partial charge in [-0.25, -0.2) is 0 Å². The van der Waals surface area contributed by atoms with E-state index in [1.807, 2.05) is 23.9 Å². The van der Waals surface area contributed by atoms with Crippen LogP contribution in [0.2, 0.25) is 0 Å². The minimum atomic E-state index is 0. The van der Waals surface area contributed by atoms with Gasteiger partial charge in [-0.2, -0.15) is 11.8 Å². The van der Waals surface area contributed by atoms with E-state index < -0.39 is 0 Å². The van der Waals surface area contributed by atoms with Crippen LogP contribution in [0, 0.1) is 0 Å². The molecule has 0 radical (unpaired) electrons. The minimum Gasteiger partial charge on any atom is -0.493 e. The summed E-state index contributed by atoms with van der Waals surface area (Å²) in [5.74, 6) is 2.39. The molecule has 2 N–H and O–H groups in total. The number of halogens is 1. The van der Waals surface area contributed by atoms with Gasteiger partial charge in [0.05, 0.1) is 20.8 Å². The van der Waals surface area contributed by atoms with Gasteiger partial charge in [-0.3, -0.25) is 4.99 Å². The van der Waals surface area contributed by atoms with Crippen LogP contribution in [0.5, 0.6) is 11.5 Å². The van der Waals surface area contributed by atoms with Crippen molar-refractivity contribution in [1.82, 2.24) is 10.6 Å². The number of nitrogens with one attached hydrogen (secondary N) is 2. The van der Waals surface area contributed by atoms with Gasteiger partial charge >= 0.3 is 0 Å². The summed E-state index contributed by atoms with van der Waals surface area (Å²) in [7, 11) is 3.31. The molecule has 6 nitrogen and oxygen atoms in total. The van der Waals surface area contributed by atoms with E-state index in [2.05, 4.69) is 29.9 Å². The van der Waals surface area contributed by atoms with Gasteiger partial charge in [0, 0.05) is 31.1 Å². The van der Waals surface area contributed by atoms with E-state index >= 15 is 0 Å². The number of methoxy groups -OCH3 is 2. The first-order chi connectivity index (χ1) is 13.2. The third-order valence-corrected chi connectivity index (χ3v) is 6.26. The molecule has 1 fully saturated rings. The van der Waals surface area contributed by atoms with Gasteiger partial charge in [0.15, 0.2) is 17.5 Å². The smallest absolute Gasteiger partial charge is 0.191 e. The van der Waals surface area contributed by atoms with Gasteiger partial charge < -0.3 is 24.8 Å². The molecule has 0 aromatic heterocycles. The van der Waals surface area contributed by atoms with Crippen molar-refractivity contribution in [2.24, 2.45) is 4.99 Å². The predicted octanol–water partition coefficient (Wildman–Crippen LogP) is 3.33. The zero-order chi connectivity index (χ0) is 19.5. The number of hydrogen-bond acceptors (Lipinski definition) is 5. The maximum absolute atomic E-state index is 5.52. The summed E-state index contributed by atoms with van der Waals surface area (Å²) >= 11 is 1.91. The molecule has 0 spiro atoms. The van der Waals surface area contributed by atoms with Crippen LogP contribution in [-0.2, 0) is 11.2 Å². The second-order valence-electron chi connectivity index (χ2n) is 6.56. The molecule has 28 heavy (non-hydrogen) atoms. The highest BCUT2D eigenvalue weighted by Crippen LogP contribution is 2.34. The Morgan fingerprint density at radius 3 is 2.50 bits per heavy atom. The van der Waals surface area contributed by atoms with E-state index in [0.29, 0.717) is 0 Å². The monoisotopic (exact) mass is 523 g/mol. The summed E-state index contributed by atoms with van der Waals surface area (Å²) in [5.41, 5.74) is 1.20. The van der Waals surface area contributed by atoms with Gasteiger partial charge in [-0.15, -0.1) is 24.0 Å². The van der Waals surface area contributed by atoms with E-state index in [9.17, 15) is 0 Å². The SMILES string of the molecule is CCNC(=NCC1(SC)CCOCC1)NCCc1ccc(OC)c(OC)c1.I. The first kappa shape index (κ1) is 25.2. The van der Waals surface area contributed by atoms with Crippen molar-refractivity contribution in [3.63, 3.8) is 0 Å². The van der Waals surface area contributed by atoms with Crippen LogP contribution >= 0.6 is 35.7 Å². The maximum atomic E-state index is 5.52. The molecule has 0 unspecified atom stereocenters. The molecule has 0 saturated carbocycles. The second kappa shape index (κ2) is 13.4. The number of guanidine groups is 1. The van der Waals surface area contributed by atoms with Gasteiger partial charge in [-0.1, -0.05) is 6.07 Å². The van der Waals surface area contributed by atoms with E-state index in [-0.39, 0.29) is 28.7 Å². The lowest BCUT2D eigenvalue weighted by molar-refractivity contribution is 0.0794. The summed E-state index contributed by atoms with van der Waals surface area (Å²) in [5, 5.41) is 6.79. The highest BCUT2D eigenvalue weighted by Gasteiger charge is 2.31. The Kier molecular flexibility index (Phi) is 12.0.